The summed E-state index contributed by atoms with van der Waals surface area (Å²) in [5.74, 6) is 0.837. The molecule has 84 valence electrons. The van der Waals surface area contributed by atoms with Crippen molar-refractivity contribution in [2.75, 3.05) is 0 Å². The van der Waals surface area contributed by atoms with E-state index in [2.05, 4.69) is 29.8 Å². The molecule has 0 amide bonds. The number of benzene rings is 1. The number of aromatic hydroxyl groups is 1. The Hall–Kier alpha value is -0.540. The molecule has 0 aliphatic heterocycles. The Bertz CT molecular complexity index is 350. The molecule has 1 atom stereocenters. The minimum Gasteiger partial charge on any atom is -0.507 e. The summed E-state index contributed by atoms with van der Waals surface area (Å²) >= 11 is 3.43. The van der Waals surface area contributed by atoms with Crippen LogP contribution in [-0.4, -0.2) is 5.11 Å². The van der Waals surface area contributed by atoms with Crippen molar-refractivity contribution in [2.45, 2.75) is 33.2 Å². The third kappa shape index (κ3) is 2.95. The number of rotatable bonds is 3. The van der Waals surface area contributed by atoms with Crippen LogP contribution in [0.5, 0.6) is 5.75 Å². The van der Waals surface area contributed by atoms with E-state index in [1.165, 1.54) is 0 Å². The molecular formula is C12H18BrNO. The number of hydrogen-bond donors (Lipinski definition) is 2. The van der Waals surface area contributed by atoms with E-state index in [1.807, 2.05) is 19.1 Å². The van der Waals surface area contributed by atoms with Crippen LogP contribution in [0.15, 0.2) is 16.6 Å². The van der Waals surface area contributed by atoms with E-state index in [0.717, 1.165) is 22.0 Å². The minimum atomic E-state index is -0.112. The van der Waals surface area contributed by atoms with Gasteiger partial charge in [0.05, 0.1) is 0 Å². The third-order valence-electron chi connectivity index (χ3n) is 2.46. The average Bonchev–Trinajstić information content (AvgIpc) is 2.11. The number of nitrogens with two attached hydrogens (primary N) is 1. The molecule has 1 rings (SSSR count). The Morgan fingerprint density at radius 2 is 2.00 bits per heavy atom. The van der Waals surface area contributed by atoms with E-state index in [-0.39, 0.29) is 6.04 Å². The first-order valence-electron chi connectivity index (χ1n) is 5.17. The SMILES string of the molecule is Cc1ccc(Br)c([C@H](N)CC(C)C)c1O. The largest absolute Gasteiger partial charge is 0.507 e. The predicted octanol–water partition coefficient (Wildman–Crippen LogP) is 3.51. The van der Waals surface area contributed by atoms with Crippen LogP contribution in [0, 0.1) is 12.8 Å². The summed E-state index contributed by atoms with van der Waals surface area (Å²) < 4.78 is 0.888. The van der Waals surface area contributed by atoms with Gasteiger partial charge in [-0.15, -0.1) is 0 Å². The van der Waals surface area contributed by atoms with E-state index >= 15 is 0 Å². The molecule has 0 aromatic heterocycles. The van der Waals surface area contributed by atoms with Gasteiger partial charge in [0.25, 0.3) is 0 Å². The molecule has 3 N–H and O–H groups in total. The number of phenolic OH excluding ortho intramolecular Hbond substituents is 1. The van der Waals surface area contributed by atoms with Crippen molar-refractivity contribution >= 4 is 15.9 Å². The maximum Gasteiger partial charge on any atom is 0.124 e. The first-order chi connectivity index (χ1) is 6.93. The molecule has 0 unspecified atom stereocenters. The summed E-state index contributed by atoms with van der Waals surface area (Å²) in [5.41, 5.74) is 7.77. The Kier molecular flexibility index (Phi) is 4.17. The van der Waals surface area contributed by atoms with E-state index in [4.69, 9.17) is 5.73 Å². The maximum atomic E-state index is 9.95. The van der Waals surface area contributed by atoms with E-state index in [0.29, 0.717) is 11.7 Å². The molecule has 0 aliphatic rings. The molecule has 1 aromatic rings. The van der Waals surface area contributed by atoms with Gasteiger partial charge in [0, 0.05) is 16.1 Å². The Balaban J connectivity index is 3.07. The zero-order chi connectivity index (χ0) is 11.6. The molecule has 0 bridgehead atoms. The fourth-order valence-corrected chi connectivity index (χ4v) is 2.28. The smallest absolute Gasteiger partial charge is 0.124 e. The predicted molar refractivity (Wildman–Crippen MR) is 66.9 cm³/mol. The average molecular weight is 272 g/mol. The molecule has 2 nitrogen and oxygen atoms in total. The van der Waals surface area contributed by atoms with Crippen LogP contribution in [0.4, 0.5) is 0 Å². The fourth-order valence-electron chi connectivity index (χ4n) is 1.67. The lowest BCUT2D eigenvalue weighted by Crippen LogP contribution is -2.14. The van der Waals surface area contributed by atoms with Crippen molar-refractivity contribution in [2.24, 2.45) is 11.7 Å². The summed E-state index contributed by atoms with van der Waals surface area (Å²) in [4.78, 5) is 0. The van der Waals surface area contributed by atoms with Crippen molar-refractivity contribution in [1.29, 1.82) is 0 Å². The van der Waals surface area contributed by atoms with Gasteiger partial charge in [-0.2, -0.15) is 0 Å². The van der Waals surface area contributed by atoms with Crippen molar-refractivity contribution in [3.05, 3.63) is 27.7 Å². The molecule has 1 aromatic carbocycles. The summed E-state index contributed by atoms with van der Waals surface area (Å²) in [6, 6.07) is 3.70. The highest BCUT2D eigenvalue weighted by molar-refractivity contribution is 9.10. The van der Waals surface area contributed by atoms with Crippen LogP contribution >= 0.6 is 15.9 Å². The van der Waals surface area contributed by atoms with Gasteiger partial charge >= 0.3 is 0 Å². The van der Waals surface area contributed by atoms with Gasteiger partial charge in [-0.3, -0.25) is 0 Å². The maximum absolute atomic E-state index is 9.95. The number of phenols is 1. The first kappa shape index (κ1) is 12.5. The van der Waals surface area contributed by atoms with Gasteiger partial charge < -0.3 is 10.8 Å². The van der Waals surface area contributed by atoms with Crippen LogP contribution in [0.2, 0.25) is 0 Å². The van der Waals surface area contributed by atoms with Crippen LogP contribution in [-0.2, 0) is 0 Å². The topological polar surface area (TPSA) is 46.2 Å². The molecule has 0 saturated carbocycles. The highest BCUT2D eigenvalue weighted by Crippen LogP contribution is 2.35. The molecule has 0 fully saturated rings. The monoisotopic (exact) mass is 271 g/mol. The van der Waals surface area contributed by atoms with E-state index < -0.39 is 0 Å². The lowest BCUT2D eigenvalue weighted by atomic mass is 9.96. The van der Waals surface area contributed by atoms with Crippen LogP contribution < -0.4 is 5.73 Å². The van der Waals surface area contributed by atoms with Crippen LogP contribution in [0.1, 0.15) is 37.4 Å². The van der Waals surface area contributed by atoms with Crippen molar-refractivity contribution < 1.29 is 5.11 Å². The van der Waals surface area contributed by atoms with Crippen molar-refractivity contribution in [1.82, 2.24) is 0 Å². The third-order valence-corrected chi connectivity index (χ3v) is 3.15. The van der Waals surface area contributed by atoms with E-state index in [1.54, 1.807) is 0 Å². The Labute approximate surface area is 99.6 Å². The number of halogens is 1. The molecule has 0 spiro atoms. The fraction of sp³-hybridized carbons (Fsp3) is 0.500. The zero-order valence-electron chi connectivity index (χ0n) is 9.42. The second kappa shape index (κ2) is 4.99. The van der Waals surface area contributed by atoms with Gasteiger partial charge in [-0.25, -0.2) is 0 Å². The highest BCUT2D eigenvalue weighted by atomic mass is 79.9. The Morgan fingerprint density at radius 1 is 1.40 bits per heavy atom. The standard InChI is InChI=1S/C12H18BrNO/c1-7(2)6-10(14)11-9(13)5-4-8(3)12(11)15/h4-5,7,10,15H,6,14H2,1-3H3/t10-/m1/s1. The Morgan fingerprint density at radius 3 is 2.53 bits per heavy atom. The summed E-state index contributed by atoms with van der Waals surface area (Å²) in [6.45, 7) is 6.13. The van der Waals surface area contributed by atoms with Crippen LogP contribution in [0.3, 0.4) is 0 Å². The van der Waals surface area contributed by atoms with E-state index in [9.17, 15) is 5.11 Å². The summed E-state index contributed by atoms with van der Waals surface area (Å²) in [7, 11) is 0. The second-order valence-corrected chi connectivity index (χ2v) is 5.22. The number of hydrogen-bond acceptors (Lipinski definition) is 2. The quantitative estimate of drug-likeness (QED) is 0.884. The first-order valence-corrected chi connectivity index (χ1v) is 5.96. The molecule has 0 radical (unpaired) electrons. The summed E-state index contributed by atoms with van der Waals surface area (Å²) in [6.07, 6.45) is 0.871. The van der Waals surface area contributed by atoms with Gasteiger partial charge in [0.2, 0.25) is 0 Å². The van der Waals surface area contributed by atoms with Gasteiger partial charge in [0.15, 0.2) is 0 Å². The zero-order valence-corrected chi connectivity index (χ0v) is 11.0. The molecule has 3 heteroatoms. The molecule has 0 heterocycles. The summed E-state index contributed by atoms with van der Waals surface area (Å²) in [5, 5.41) is 9.95. The molecule has 15 heavy (non-hydrogen) atoms. The lowest BCUT2D eigenvalue weighted by molar-refractivity contribution is 0.441. The normalized spacial score (nSPS) is 13.2. The van der Waals surface area contributed by atoms with Gasteiger partial charge in [0.1, 0.15) is 5.75 Å². The lowest BCUT2D eigenvalue weighted by Gasteiger charge is -2.18. The van der Waals surface area contributed by atoms with Gasteiger partial charge in [-0.1, -0.05) is 35.8 Å². The molecular weight excluding hydrogens is 254 g/mol. The number of aryl methyl sites for hydroxylation is 1. The van der Waals surface area contributed by atoms with Crippen molar-refractivity contribution in [3.63, 3.8) is 0 Å². The van der Waals surface area contributed by atoms with Crippen LogP contribution in [0.25, 0.3) is 0 Å². The van der Waals surface area contributed by atoms with Gasteiger partial charge in [-0.05, 0) is 30.9 Å². The second-order valence-electron chi connectivity index (χ2n) is 4.36. The molecule has 0 aliphatic carbocycles. The van der Waals surface area contributed by atoms with Crippen molar-refractivity contribution in [3.8, 4) is 5.75 Å². The molecule has 0 saturated heterocycles. The highest BCUT2D eigenvalue weighted by Gasteiger charge is 2.17. The minimum absolute atomic E-state index is 0.112.